The summed E-state index contributed by atoms with van der Waals surface area (Å²) < 4.78 is 9.26. The minimum atomic E-state index is 0.293. The maximum atomic E-state index is 7.31. The van der Waals surface area contributed by atoms with E-state index in [-0.39, 0.29) is 0 Å². The smallest absolute Gasteiger partial charge is 0.0841 e. The molecular weight excluding hydrogens is 136 g/mol. The molecule has 0 spiro atoms. The van der Waals surface area contributed by atoms with Crippen LogP contribution in [-0.4, -0.2) is 9.55 Å². The highest BCUT2D eigenvalue weighted by Gasteiger charge is 1.89. The first-order valence-electron chi connectivity index (χ1n) is 3.92. The molecule has 0 radical (unpaired) electrons. The van der Waals surface area contributed by atoms with E-state index in [1.165, 1.54) is 0 Å². The van der Waals surface area contributed by atoms with Crippen molar-refractivity contribution in [2.24, 2.45) is 0 Å². The highest BCUT2D eigenvalue weighted by molar-refractivity contribution is 5.29. The molecule has 2 aromatic rings. The molecule has 54 valence electrons. The Bertz CT molecular complexity index is 368. The van der Waals surface area contributed by atoms with Gasteiger partial charge in [-0.2, -0.15) is 0 Å². The van der Waals surface area contributed by atoms with Crippen LogP contribution in [0.5, 0.6) is 0 Å². The number of nitrogens with zero attached hydrogens (tertiary/aromatic N) is 2. The summed E-state index contributed by atoms with van der Waals surface area (Å²) in [6.45, 7) is 0. The van der Waals surface area contributed by atoms with Crippen LogP contribution in [0.15, 0.2) is 49.0 Å². The molecule has 0 saturated carbocycles. The molecule has 0 N–H and O–H groups in total. The van der Waals surface area contributed by atoms with Crippen molar-refractivity contribution in [3.63, 3.8) is 0 Å². The number of pyridine rings is 1. The Labute approximate surface area is 66.5 Å². The zero-order valence-electron chi connectivity index (χ0n) is 6.94. The Morgan fingerprint density at radius 3 is 2.82 bits per heavy atom. The Morgan fingerprint density at radius 2 is 2.09 bits per heavy atom. The van der Waals surface area contributed by atoms with Gasteiger partial charge in [-0.1, -0.05) is 0 Å². The molecule has 0 unspecified atom stereocenters. The normalized spacial score (nSPS) is 11.1. The summed E-state index contributed by atoms with van der Waals surface area (Å²) in [7, 11) is 0. The third-order valence-electron chi connectivity index (χ3n) is 1.51. The Morgan fingerprint density at radius 1 is 1.27 bits per heavy atom. The SMILES string of the molecule is [2H]c1cc(-n2cccc2)ccn1. The quantitative estimate of drug-likeness (QED) is 0.599. The van der Waals surface area contributed by atoms with Crippen molar-refractivity contribution in [3.8, 4) is 5.69 Å². The predicted molar refractivity (Wildman–Crippen MR) is 43.6 cm³/mol. The summed E-state index contributed by atoms with van der Waals surface area (Å²) >= 11 is 0. The maximum absolute atomic E-state index is 7.31. The van der Waals surface area contributed by atoms with Gasteiger partial charge in [0.1, 0.15) is 0 Å². The molecule has 2 heterocycles. The lowest BCUT2D eigenvalue weighted by Gasteiger charge is -1.99. The van der Waals surface area contributed by atoms with Crippen LogP contribution in [0.25, 0.3) is 5.69 Å². The van der Waals surface area contributed by atoms with Crippen LogP contribution >= 0.6 is 0 Å². The lowest BCUT2D eigenvalue weighted by molar-refractivity contribution is 1.07. The molecule has 11 heavy (non-hydrogen) atoms. The molecule has 2 nitrogen and oxygen atoms in total. The van der Waals surface area contributed by atoms with Crippen molar-refractivity contribution in [1.29, 1.82) is 0 Å². The summed E-state index contributed by atoms with van der Waals surface area (Å²) in [4.78, 5) is 3.80. The van der Waals surface area contributed by atoms with E-state index in [0.29, 0.717) is 6.17 Å². The fraction of sp³-hybridized carbons (Fsp3) is 0. The van der Waals surface area contributed by atoms with E-state index in [9.17, 15) is 0 Å². The zero-order chi connectivity index (χ0) is 8.39. The first-order chi connectivity index (χ1) is 5.86. The van der Waals surface area contributed by atoms with Crippen LogP contribution in [0.2, 0.25) is 0 Å². The van der Waals surface area contributed by atoms with Crippen molar-refractivity contribution < 1.29 is 1.37 Å². The minimum absolute atomic E-state index is 0.293. The summed E-state index contributed by atoms with van der Waals surface area (Å²) in [6, 6.07) is 7.49. The van der Waals surface area contributed by atoms with E-state index in [2.05, 4.69) is 4.98 Å². The summed E-state index contributed by atoms with van der Waals surface area (Å²) in [5.41, 5.74) is 0.972. The zero-order valence-corrected chi connectivity index (χ0v) is 5.94. The molecule has 0 aliphatic carbocycles. The molecule has 0 amide bonds. The number of hydrogen-bond donors (Lipinski definition) is 0. The topological polar surface area (TPSA) is 17.8 Å². The van der Waals surface area contributed by atoms with E-state index in [1.807, 2.05) is 35.2 Å². The minimum Gasteiger partial charge on any atom is -0.324 e. The summed E-state index contributed by atoms with van der Waals surface area (Å²) in [6.07, 6.45) is 5.81. The molecule has 2 aromatic heterocycles. The van der Waals surface area contributed by atoms with Crippen LogP contribution in [0.1, 0.15) is 1.37 Å². The maximum Gasteiger partial charge on any atom is 0.0841 e. The average Bonchev–Trinajstić information content (AvgIpc) is 2.56. The van der Waals surface area contributed by atoms with E-state index >= 15 is 0 Å². The molecule has 0 bridgehead atoms. The molecule has 0 saturated heterocycles. The first-order valence-corrected chi connectivity index (χ1v) is 3.42. The fourth-order valence-electron chi connectivity index (χ4n) is 0.975. The van der Waals surface area contributed by atoms with Crippen LogP contribution in [-0.2, 0) is 0 Å². The van der Waals surface area contributed by atoms with Crippen LogP contribution in [0, 0.1) is 0 Å². The third kappa shape index (κ3) is 1.15. The summed E-state index contributed by atoms with van der Waals surface area (Å²) in [5.74, 6) is 0. The van der Waals surface area contributed by atoms with Gasteiger partial charge in [0.25, 0.3) is 0 Å². The Kier molecular flexibility index (Phi) is 1.20. The second-order valence-electron chi connectivity index (χ2n) is 2.23. The Balaban J connectivity index is 2.48. The van der Waals surface area contributed by atoms with Gasteiger partial charge in [0.15, 0.2) is 0 Å². The van der Waals surface area contributed by atoms with Gasteiger partial charge in [-0.25, -0.2) is 0 Å². The standard InChI is InChI=1S/C9H8N2/c1-2-8-11(7-1)9-3-5-10-6-4-9/h1-8H/i5D. The first kappa shape index (κ1) is 5.13. The van der Waals surface area contributed by atoms with E-state index in [4.69, 9.17) is 1.37 Å². The number of hydrogen-bond acceptors (Lipinski definition) is 1. The predicted octanol–water partition coefficient (Wildman–Crippen LogP) is 1.87. The monoisotopic (exact) mass is 145 g/mol. The number of aromatic nitrogens is 2. The van der Waals surface area contributed by atoms with Crippen molar-refractivity contribution in [2.75, 3.05) is 0 Å². The van der Waals surface area contributed by atoms with Gasteiger partial charge >= 0.3 is 0 Å². The average molecular weight is 145 g/mol. The molecule has 0 fully saturated rings. The van der Waals surface area contributed by atoms with E-state index in [1.54, 1.807) is 12.3 Å². The lowest BCUT2D eigenvalue weighted by atomic mass is 10.4. The molecule has 2 heteroatoms. The molecule has 0 aromatic carbocycles. The van der Waals surface area contributed by atoms with Gasteiger partial charge < -0.3 is 4.57 Å². The van der Waals surface area contributed by atoms with E-state index in [0.717, 1.165) is 5.69 Å². The second kappa shape index (κ2) is 2.58. The van der Waals surface area contributed by atoms with E-state index < -0.39 is 0 Å². The van der Waals surface area contributed by atoms with Gasteiger partial charge in [0, 0.05) is 30.5 Å². The van der Waals surface area contributed by atoms with Crippen molar-refractivity contribution in [1.82, 2.24) is 9.55 Å². The van der Waals surface area contributed by atoms with Gasteiger partial charge in [-0.3, -0.25) is 4.98 Å². The van der Waals surface area contributed by atoms with Crippen molar-refractivity contribution in [2.45, 2.75) is 0 Å². The van der Waals surface area contributed by atoms with Crippen LogP contribution in [0.4, 0.5) is 0 Å². The lowest BCUT2D eigenvalue weighted by Crippen LogP contribution is -1.87. The van der Waals surface area contributed by atoms with Gasteiger partial charge in [-0.15, -0.1) is 0 Å². The molecule has 0 atom stereocenters. The fourth-order valence-corrected chi connectivity index (χ4v) is 0.975. The third-order valence-corrected chi connectivity index (χ3v) is 1.51. The van der Waals surface area contributed by atoms with Crippen molar-refractivity contribution in [3.05, 3.63) is 49.0 Å². The van der Waals surface area contributed by atoms with Gasteiger partial charge in [0.05, 0.1) is 1.37 Å². The highest BCUT2D eigenvalue weighted by atomic mass is 14.9. The highest BCUT2D eigenvalue weighted by Crippen LogP contribution is 2.04. The molecular formula is C9H8N2. The largest absolute Gasteiger partial charge is 0.324 e. The molecule has 0 aliphatic heterocycles. The molecule has 0 aliphatic rings. The van der Waals surface area contributed by atoms with Gasteiger partial charge in [0.2, 0.25) is 0 Å². The number of rotatable bonds is 1. The van der Waals surface area contributed by atoms with Crippen molar-refractivity contribution >= 4 is 0 Å². The Hall–Kier alpha value is -1.57. The second-order valence-corrected chi connectivity index (χ2v) is 2.23. The molecule has 2 rings (SSSR count). The van der Waals surface area contributed by atoms with Gasteiger partial charge in [-0.05, 0) is 24.3 Å². The van der Waals surface area contributed by atoms with Crippen LogP contribution in [0.3, 0.4) is 0 Å². The summed E-state index contributed by atoms with van der Waals surface area (Å²) in [5, 5.41) is 0. The van der Waals surface area contributed by atoms with Crippen LogP contribution < -0.4 is 0 Å².